The molecule has 1 aliphatic rings. The average molecular weight is 342 g/mol. The van der Waals surface area contributed by atoms with Crippen molar-refractivity contribution >= 4 is 0 Å². The zero-order valence-electron chi connectivity index (χ0n) is 14.6. The van der Waals surface area contributed by atoms with E-state index in [1.165, 1.54) is 0 Å². The van der Waals surface area contributed by atoms with E-state index < -0.39 is 0 Å². The fourth-order valence-corrected chi connectivity index (χ4v) is 3.17. The first-order chi connectivity index (χ1) is 12.3. The van der Waals surface area contributed by atoms with Crippen LogP contribution < -0.4 is 14.8 Å². The van der Waals surface area contributed by atoms with Crippen molar-refractivity contribution in [3.05, 3.63) is 59.7 Å². The molecule has 0 amide bonds. The Morgan fingerprint density at radius 3 is 2.52 bits per heavy atom. The molecule has 0 spiro atoms. The summed E-state index contributed by atoms with van der Waals surface area (Å²) < 4.78 is 11.4. The van der Waals surface area contributed by atoms with Crippen LogP contribution in [0.3, 0.4) is 0 Å². The average Bonchev–Trinajstić information content (AvgIpc) is 2.69. The lowest BCUT2D eigenvalue weighted by atomic mass is 10.0. The molecule has 0 saturated carbocycles. The molecule has 0 radical (unpaired) electrons. The van der Waals surface area contributed by atoms with Crippen molar-refractivity contribution in [2.45, 2.75) is 12.6 Å². The summed E-state index contributed by atoms with van der Waals surface area (Å²) in [4.78, 5) is 2.30. The van der Waals surface area contributed by atoms with Crippen LogP contribution in [0.15, 0.2) is 48.5 Å². The predicted molar refractivity (Wildman–Crippen MR) is 98.0 cm³/mol. The Labute approximate surface area is 149 Å². The molecule has 2 aromatic rings. The van der Waals surface area contributed by atoms with Crippen LogP contribution in [0.1, 0.15) is 17.2 Å². The van der Waals surface area contributed by atoms with Crippen molar-refractivity contribution in [2.75, 3.05) is 39.9 Å². The quantitative estimate of drug-likeness (QED) is 0.808. The topological polar surface area (TPSA) is 54.0 Å². The summed E-state index contributed by atoms with van der Waals surface area (Å²) in [6, 6.07) is 16.0. The number of aliphatic hydroxyl groups excluding tert-OH is 1. The van der Waals surface area contributed by atoms with Gasteiger partial charge in [-0.2, -0.15) is 0 Å². The maximum Gasteiger partial charge on any atom is 0.161 e. The molecule has 0 bridgehead atoms. The molecule has 1 saturated heterocycles. The van der Waals surface area contributed by atoms with Crippen LogP contribution in [0.25, 0.3) is 0 Å². The molecule has 2 N–H and O–H groups in total. The maximum atomic E-state index is 9.88. The minimum absolute atomic E-state index is 0.0147. The molecule has 2 aromatic carbocycles. The second-order valence-electron chi connectivity index (χ2n) is 6.17. The molecular formula is C20H26N2O3. The second kappa shape index (κ2) is 8.85. The highest BCUT2D eigenvalue weighted by atomic mass is 16.5. The number of hydrogen-bond donors (Lipinski definition) is 2. The zero-order chi connectivity index (χ0) is 17.5. The van der Waals surface area contributed by atoms with Crippen molar-refractivity contribution in [3.8, 4) is 11.5 Å². The number of ether oxygens (including phenoxy) is 2. The summed E-state index contributed by atoms with van der Waals surface area (Å²) in [6.45, 7) is 4.35. The number of aliphatic hydroxyl groups is 1. The summed E-state index contributed by atoms with van der Waals surface area (Å²) in [5.41, 5.74) is 2.16. The lowest BCUT2D eigenvalue weighted by Gasteiger charge is -2.34. The first-order valence-electron chi connectivity index (χ1n) is 8.72. The van der Waals surface area contributed by atoms with Gasteiger partial charge in [-0.25, -0.2) is 0 Å². The van der Waals surface area contributed by atoms with Gasteiger partial charge in [0, 0.05) is 26.2 Å². The third-order valence-electron chi connectivity index (χ3n) is 4.57. The van der Waals surface area contributed by atoms with Gasteiger partial charge < -0.3 is 19.9 Å². The number of hydrogen-bond acceptors (Lipinski definition) is 5. The minimum atomic E-state index is -0.0147. The van der Waals surface area contributed by atoms with E-state index in [2.05, 4.69) is 10.2 Å². The Morgan fingerprint density at radius 1 is 1.08 bits per heavy atom. The van der Waals surface area contributed by atoms with E-state index in [1.54, 1.807) is 7.11 Å². The van der Waals surface area contributed by atoms with E-state index in [0.29, 0.717) is 18.1 Å². The van der Waals surface area contributed by atoms with Gasteiger partial charge in [0.25, 0.3) is 0 Å². The smallest absolute Gasteiger partial charge is 0.161 e. The van der Waals surface area contributed by atoms with Gasteiger partial charge in [0.15, 0.2) is 11.5 Å². The van der Waals surface area contributed by atoms with Crippen LogP contribution in [-0.2, 0) is 6.61 Å². The van der Waals surface area contributed by atoms with E-state index in [1.807, 2.05) is 48.5 Å². The maximum absolute atomic E-state index is 9.88. The zero-order valence-corrected chi connectivity index (χ0v) is 14.6. The van der Waals surface area contributed by atoms with Crippen LogP contribution in [0.2, 0.25) is 0 Å². The van der Waals surface area contributed by atoms with Gasteiger partial charge in [-0.05, 0) is 23.3 Å². The van der Waals surface area contributed by atoms with Gasteiger partial charge in [-0.1, -0.05) is 36.4 Å². The molecule has 134 valence electrons. The van der Waals surface area contributed by atoms with Crippen LogP contribution in [0.4, 0.5) is 0 Å². The second-order valence-corrected chi connectivity index (χ2v) is 6.17. The molecule has 3 rings (SSSR count). The van der Waals surface area contributed by atoms with Crippen LogP contribution in [0.5, 0.6) is 11.5 Å². The normalized spacial score (nSPS) is 16.4. The third-order valence-corrected chi connectivity index (χ3v) is 4.57. The van der Waals surface area contributed by atoms with E-state index in [0.717, 1.165) is 37.3 Å². The van der Waals surface area contributed by atoms with Gasteiger partial charge in [-0.3, -0.25) is 4.90 Å². The van der Waals surface area contributed by atoms with E-state index in [9.17, 15) is 5.11 Å². The number of benzene rings is 2. The first kappa shape index (κ1) is 17.7. The molecule has 25 heavy (non-hydrogen) atoms. The minimum Gasteiger partial charge on any atom is -0.493 e. The Morgan fingerprint density at radius 2 is 1.84 bits per heavy atom. The van der Waals surface area contributed by atoms with Crippen molar-refractivity contribution in [1.29, 1.82) is 0 Å². The van der Waals surface area contributed by atoms with Crippen molar-refractivity contribution in [1.82, 2.24) is 10.2 Å². The molecule has 0 aliphatic carbocycles. The van der Waals surface area contributed by atoms with Crippen LogP contribution >= 0.6 is 0 Å². The lowest BCUT2D eigenvalue weighted by Crippen LogP contribution is -2.46. The third kappa shape index (κ3) is 4.51. The lowest BCUT2D eigenvalue weighted by molar-refractivity contribution is 0.110. The number of piperazine rings is 1. The standard InChI is InChI=1S/C20H26N2O3/c1-24-20-13-17(18(14-23)22-11-9-21-10-12-22)7-8-19(20)25-15-16-5-3-2-4-6-16/h2-8,13,18,21,23H,9-12,14-15H2,1H3/t18-/m0/s1. The van der Waals surface area contributed by atoms with E-state index >= 15 is 0 Å². The molecule has 1 aliphatic heterocycles. The van der Waals surface area contributed by atoms with E-state index in [4.69, 9.17) is 9.47 Å². The molecular weight excluding hydrogens is 316 g/mol. The highest BCUT2D eigenvalue weighted by Gasteiger charge is 2.22. The van der Waals surface area contributed by atoms with Crippen molar-refractivity contribution in [3.63, 3.8) is 0 Å². The molecule has 1 fully saturated rings. The van der Waals surface area contributed by atoms with Crippen molar-refractivity contribution < 1.29 is 14.6 Å². The Hall–Kier alpha value is -2.08. The summed E-state index contributed by atoms with van der Waals surface area (Å²) in [5, 5.41) is 13.2. The number of methoxy groups -OCH3 is 1. The summed E-state index contributed by atoms with van der Waals surface area (Å²) >= 11 is 0. The van der Waals surface area contributed by atoms with Gasteiger partial charge in [0.2, 0.25) is 0 Å². The molecule has 5 nitrogen and oxygen atoms in total. The molecule has 1 atom stereocenters. The molecule has 1 heterocycles. The Bertz CT molecular complexity index is 657. The molecule has 0 unspecified atom stereocenters. The highest BCUT2D eigenvalue weighted by molar-refractivity contribution is 5.44. The number of nitrogens with one attached hydrogen (secondary N) is 1. The fraction of sp³-hybridized carbons (Fsp3) is 0.400. The predicted octanol–water partition coefficient (Wildman–Crippen LogP) is 2.21. The summed E-state index contributed by atoms with van der Waals surface area (Å²) in [7, 11) is 1.65. The van der Waals surface area contributed by atoms with Crippen LogP contribution in [0, 0.1) is 0 Å². The van der Waals surface area contributed by atoms with Gasteiger partial charge in [0.05, 0.1) is 19.8 Å². The summed E-state index contributed by atoms with van der Waals surface area (Å²) in [5.74, 6) is 1.41. The van der Waals surface area contributed by atoms with Crippen LogP contribution in [-0.4, -0.2) is 49.9 Å². The van der Waals surface area contributed by atoms with Crippen molar-refractivity contribution in [2.24, 2.45) is 0 Å². The largest absolute Gasteiger partial charge is 0.493 e. The van der Waals surface area contributed by atoms with E-state index in [-0.39, 0.29) is 12.6 Å². The van der Waals surface area contributed by atoms with Gasteiger partial charge in [-0.15, -0.1) is 0 Å². The highest BCUT2D eigenvalue weighted by Crippen LogP contribution is 2.32. The molecule has 5 heteroatoms. The first-order valence-corrected chi connectivity index (χ1v) is 8.72. The monoisotopic (exact) mass is 342 g/mol. The van der Waals surface area contributed by atoms with Gasteiger partial charge >= 0.3 is 0 Å². The fourth-order valence-electron chi connectivity index (χ4n) is 3.17. The van der Waals surface area contributed by atoms with Gasteiger partial charge in [0.1, 0.15) is 6.61 Å². The number of rotatable bonds is 7. The molecule has 0 aromatic heterocycles. The Kier molecular flexibility index (Phi) is 6.28. The SMILES string of the molecule is COc1cc([C@H](CO)N2CCNCC2)ccc1OCc1ccccc1. The number of nitrogens with zero attached hydrogens (tertiary/aromatic N) is 1. The summed E-state index contributed by atoms with van der Waals surface area (Å²) in [6.07, 6.45) is 0. The Balaban J connectivity index is 1.73.